The Balaban J connectivity index is 1.99. The van der Waals surface area contributed by atoms with Gasteiger partial charge in [0, 0.05) is 12.6 Å². The third-order valence-electron chi connectivity index (χ3n) is 3.93. The number of nitrogens with zero attached hydrogens (tertiary/aromatic N) is 1. The van der Waals surface area contributed by atoms with Crippen molar-refractivity contribution in [1.82, 2.24) is 4.90 Å². The van der Waals surface area contributed by atoms with Gasteiger partial charge in [0.25, 0.3) is 0 Å². The van der Waals surface area contributed by atoms with E-state index in [0.29, 0.717) is 19.0 Å². The van der Waals surface area contributed by atoms with E-state index in [4.69, 9.17) is 10.5 Å². The molecule has 1 aliphatic carbocycles. The molecule has 1 aliphatic rings. The van der Waals surface area contributed by atoms with Crippen LogP contribution >= 0.6 is 0 Å². The fraction of sp³-hybridized carbons (Fsp3) is 0.562. The fourth-order valence-electron chi connectivity index (χ4n) is 2.53. The summed E-state index contributed by atoms with van der Waals surface area (Å²) in [6, 6.07) is 8.16. The molecule has 1 amide bonds. The lowest BCUT2D eigenvalue weighted by Gasteiger charge is -2.37. The van der Waals surface area contributed by atoms with Crippen LogP contribution in [0.4, 0.5) is 0 Å². The van der Waals surface area contributed by atoms with E-state index in [9.17, 15) is 4.79 Å². The van der Waals surface area contributed by atoms with Gasteiger partial charge in [-0.3, -0.25) is 4.79 Å². The summed E-state index contributed by atoms with van der Waals surface area (Å²) in [6.07, 6.45) is 4.82. The number of benzene rings is 1. The average molecular weight is 276 g/mol. The summed E-state index contributed by atoms with van der Waals surface area (Å²) >= 11 is 0. The second-order valence-electron chi connectivity index (χ2n) is 5.34. The third-order valence-corrected chi connectivity index (χ3v) is 3.93. The van der Waals surface area contributed by atoms with Crippen molar-refractivity contribution in [2.45, 2.75) is 38.1 Å². The third kappa shape index (κ3) is 3.73. The molecule has 0 radical (unpaired) electrons. The molecule has 1 fully saturated rings. The Morgan fingerprint density at radius 2 is 2.25 bits per heavy atom. The number of carbonyl (C=O) groups is 1. The maximum absolute atomic E-state index is 12.5. The molecule has 2 N–H and O–H groups in total. The van der Waals surface area contributed by atoms with Crippen LogP contribution in [0.2, 0.25) is 0 Å². The van der Waals surface area contributed by atoms with Crippen LogP contribution in [0.1, 0.15) is 31.2 Å². The molecule has 1 aromatic rings. The summed E-state index contributed by atoms with van der Waals surface area (Å²) in [7, 11) is 1.64. The molecule has 110 valence electrons. The standard InChI is InChI=1S/C16H24N2O2/c1-20-15-8-2-5-13(11-15)12-16(19)18(10-4-9-17)14-6-3-7-14/h2,5,8,11,14H,3-4,6-7,9-10,12,17H2,1H3. The Morgan fingerprint density at radius 1 is 1.45 bits per heavy atom. The monoisotopic (exact) mass is 276 g/mol. The summed E-state index contributed by atoms with van der Waals surface area (Å²) in [5.74, 6) is 1.00. The molecule has 0 unspecified atom stereocenters. The number of amides is 1. The maximum atomic E-state index is 12.5. The molecule has 0 aliphatic heterocycles. The van der Waals surface area contributed by atoms with Gasteiger partial charge in [0.2, 0.25) is 5.91 Å². The molecular formula is C16H24N2O2. The van der Waals surface area contributed by atoms with E-state index in [-0.39, 0.29) is 5.91 Å². The lowest BCUT2D eigenvalue weighted by molar-refractivity contribution is -0.134. The largest absolute Gasteiger partial charge is 0.497 e. The normalized spacial score (nSPS) is 14.7. The molecule has 2 rings (SSSR count). The highest BCUT2D eigenvalue weighted by molar-refractivity contribution is 5.79. The van der Waals surface area contributed by atoms with E-state index in [1.165, 1.54) is 6.42 Å². The Morgan fingerprint density at radius 3 is 2.85 bits per heavy atom. The summed E-state index contributed by atoms with van der Waals surface area (Å²) < 4.78 is 5.20. The molecule has 0 aromatic heterocycles. The zero-order valence-electron chi connectivity index (χ0n) is 12.2. The van der Waals surface area contributed by atoms with Crippen molar-refractivity contribution in [3.63, 3.8) is 0 Å². The van der Waals surface area contributed by atoms with Gasteiger partial charge in [-0.25, -0.2) is 0 Å². The molecule has 1 saturated carbocycles. The fourth-order valence-corrected chi connectivity index (χ4v) is 2.53. The van der Waals surface area contributed by atoms with E-state index in [2.05, 4.69) is 0 Å². The Hall–Kier alpha value is -1.55. The molecular weight excluding hydrogens is 252 g/mol. The second-order valence-corrected chi connectivity index (χ2v) is 5.34. The predicted molar refractivity (Wildman–Crippen MR) is 79.7 cm³/mol. The second kappa shape index (κ2) is 7.29. The average Bonchev–Trinajstić information content (AvgIpc) is 2.41. The summed E-state index contributed by atoms with van der Waals surface area (Å²) in [6.45, 7) is 1.42. The van der Waals surface area contributed by atoms with E-state index in [0.717, 1.165) is 37.1 Å². The first-order chi connectivity index (χ1) is 9.74. The zero-order valence-corrected chi connectivity index (χ0v) is 12.2. The maximum Gasteiger partial charge on any atom is 0.227 e. The van der Waals surface area contributed by atoms with Crippen LogP contribution in [-0.4, -0.2) is 37.0 Å². The molecule has 1 aromatic carbocycles. The molecule has 0 spiro atoms. The van der Waals surface area contributed by atoms with Crippen molar-refractivity contribution in [2.75, 3.05) is 20.2 Å². The molecule has 0 heterocycles. The number of nitrogens with two attached hydrogens (primary N) is 1. The van der Waals surface area contributed by atoms with Gasteiger partial charge in [-0.15, -0.1) is 0 Å². The minimum Gasteiger partial charge on any atom is -0.497 e. The highest BCUT2D eigenvalue weighted by Crippen LogP contribution is 2.26. The quantitative estimate of drug-likeness (QED) is 0.828. The number of ether oxygens (including phenoxy) is 1. The predicted octanol–water partition coefficient (Wildman–Crippen LogP) is 1.97. The van der Waals surface area contributed by atoms with Crippen molar-refractivity contribution < 1.29 is 9.53 Å². The van der Waals surface area contributed by atoms with Crippen molar-refractivity contribution >= 4 is 5.91 Å². The molecule has 4 nitrogen and oxygen atoms in total. The Kier molecular flexibility index (Phi) is 5.41. The van der Waals surface area contributed by atoms with Crippen molar-refractivity contribution in [3.8, 4) is 5.75 Å². The lowest BCUT2D eigenvalue weighted by Crippen LogP contribution is -2.45. The summed E-state index contributed by atoms with van der Waals surface area (Å²) in [4.78, 5) is 14.5. The highest BCUT2D eigenvalue weighted by Gasteiger charge is 2.28. The van der Waals surface area contributed by atoms with Gasteiger partial charge in [-0.05, 0) is 49.9 Å². The zero-order chi connectivity index (χ0) is 14.4. The van der Waals surface area contributed by atoms with E-state index < -0.39 is 0 Å². The molecule has 20 heavy (non-hydrogen) atoms. The molecule has 0 atom stereocenters. The smallest absolute Gasteiger partial charge is 0.227 e. The number of hydrogen-bond acceptors (Lipinski definition) is 3. The first-order valence-electron chi connectivity index (χ1n) is 7.37. The van der Waals surface area contributed by atoms with Crippen LogP contribution in [0.5, 0.6) is 5.75 Å². The molecule has 4 heteroatoms. The number of carbonyl (C=O) groups excluding carboxylic acids is 1. The lowest BCUT2D eigenvalue weighted by atomic mass is 9.91. The Labute approximate surface area is 120 Å². The van der Waals surface area contributed by atoms with Crippen LogP contribution in [0, 0.1) is 0 Å². The first kappa shape index (κ1) is 14.9. The minimum absolute atomic E-state index is 0.205. The number of methoxy groups -OCH3 is 1. The van der Waals surface area contributed by atoms with Gasteiger partial charge in [-0.2, -0.15) is 0 Å². The molecule has 0 saturated heterocycles. The van der Waals surface area contributed by atoms with Crippen LogP contribution in [0.3, 0.4) is 0 Å². The van der Waals surface area contributed by atoms with Crippen molar-refractivity contribution in [2.24, 2.45) is 5.73 Å². The van der Waals surface area contributed by atoms with Crippen molar-refractivity contribution in [3.05, 3.63) is 29.8 Å². The summed E-state index contributed by atoms with van der Waals surface area (Å²) in [5, 5.41) is 0. The van der Waals surface area contributed by atoms with E-state index in [1.807, 2.05) is 29.2 Å². The van der Waals surface area contributed by atoms with Crippen LogP contribution in [0.15, 0.2) is 24.3 Å². The molecule has 0 bridgehead atoms. The van der Waals surface area contributed by atoms with Gasteiger partial charge >= 0.3 is 0 Å². The van der Waals surface area contributed by atoms with Crippen LogP contribution < -0.4 is 10.5 Å². The van der Waals surface area contributed by atoms with Gasteiger partial charge in [0.15, 0.2) is 0 Å². The topological polar surface area (TPSA) is 55.6 Å². The Bertz CT molecular complexity index is 444. The summed E-state index contributed by atoms with van der Waals surface area (Å²) in [5.41, 5.74) is 6.58. The van der Waals surface area contributed by atoms with Gasteiger partial charge in [0.05, 0.1) is 13.5 Å². The van der Waals surface area contributed by atoms with Crippen LogP contribution in [0.25, 0.3) is 0 Å². The first-order valence-corrected chi connectivity index (χ1v) is 7.37. The van der Waals surface area contributed by atoms with Crippen molar-refractivity contribution in [1.29, 1.82) is 0 Å². The van der Waals surface area contributed by atoms with E-state index >= 15 is 0 Å². The number of hydrogen-bond donors (Lipinski definition) is 1. The SMILES string of the molecule is COc1cccc(CC(=O)N(CCCN)C2CCC2)c1. The minimum atomic E-state index is 0.205. The van der Waals surface area contributed by atoms with Gasteiger partial charge in [0.1, 0.15) is 5.75 Å². The number of rotatable bonds is 7. The van der Waals surface area contributed by atoms with E-state index in [1.54, 1.807) is 7.11 Å². The highest BCUT2D eigenvalue weighted by atomic mass is 16.5. The van der Waals surface area contributed by atoms with Gasteiger partial charge in [-0.1, -0.05) is 12.1 Å². The van der Waals surface area contributed by atoms with Crippen LogP contribution in [-0.2, 0) is 11.2 Å². The van der Waals surface area contributed by atoms with Gasteiger partial charge < -0.3 is 15.4 Å².